The largest absolute Gasteiger partial charge is 0.476 e. The molecule has 4 aromatic rings. The highest BCUT2D eigenvalue weighted by molar-refractivity contribution is 5.94. The van der Waals surface area contributed by atoms with Gasteiger partial charge >= 0.3 is 5.97 Å². The molecule has 0 unspecified atom stereocenters. The van der Waals surface area contributed by atoms with Crippen molar-refractivity contribution < 1.29 is 14.7 Å². The highest BCUT2D eigenvalue weighted by Crippen LogP contribution is 2.23. The van der Waals surface area contributed by atoms with E-state index >= 15 is 0 Å². The van der Waals surface area contributed by atoms with Gasteiger partial charge in [0.1, 0.15) is 5.82 Å². The molecule has 0 saturated carbocycles. The number of aromatic carboxylic acids is 1. The molecule has 172 valence electrons. The van der Waals surface area contributed by atoms with E-state index in [9.17, 15) is 14.7 Å². The van der Waals surface area contributed by atoms with Crippen molar-refractivity contribution in [3.63, 3.8) is 0 Å². The van der Waals surface area contributed by atoms with Gasteiger partial charge in [0.05, 0.1) is 6.54 Å². The molecule has 0 amide bonds. The summed E-state index contributed by atoms with van der Waals surface area (Å²) in [5.74, 6) is -0.123. The normalized spacial score (nSPS) is 10.9. The van der Waals surface area contributed by atoms with E-state index in [1.54, 1.807) is 16.8 Å². The Kier molecular flexibility index (Phi) is 7.22. The lowest BCUT2D eigenvalue weighted by atomic mass is 10.0. The van der Waals surface area contributed by atoms with Gasteiger partial charge in [-0.2, -0.15) is 0 Å². The van der Waals surface area contributed by atoms with Gasteiger partial charge in [-0.1, -0.05) is 74.0 Å². The molecule has 0 fully saturated rings. The number of unbranched alkanes of at least 4 members (excludes halogenated alkanes) is 1. The lowest BCUT2D eigenvalue weighted by Gasteiger charge is -2.08. The van der Waals surface area contributed by atoms with Crippen molar-refractivity contribution in [1.82, 2.24) is 19.7 Å². The van der Waals surface area contributed by atoms with E-state index in [2.05, 4.69) is 22.0 Å². The van der Waals surface area contributed by atoms with E-state index in [0.29, 0.717) is 12.1 Å². The van der Waals surface area contributed by atoms with Gasteiger partial charge in [-0.3, -0.25) is 4.79 Å². The third kappa shape index (κ3) is 5.43. The summed E-state index contributed by atoms with van der Waals surface area (Å²) in [5.41, 5.74) is 3.28. The Bertz CT molecular complexity index is 1280. The zero-order valence-electron chi connectivity index (χ0n) is 19.0. The molecule has 0 aliphatic heterocycles. The number of ketones is 1. The summed E-state index contributed by atoms with van der Waals surface area (Å²) in [6.07, 6.45) is 4.47. The van der Waals surface area contributed by atoms with Crippen LogP contribution in [0.1, 0.15) is 57.8 Å². The molecule has 7 nitrogen and oxygen atoms in total. The van der Waals surface area contributed by atoms with Gasteiger partial charge in [0, 0.05) is 24.6 Å². The molecule has 0 aliphatic rings. The average molecular weight is 455 g/mol. The van der Waals surface area contributed by atoms with Crippen LogP contribution in [0.5, 0.6) is 0 Å². The molecule has 1 N–H and O–H groups in total. The van der Waals surface area contributed by atoms with Crippen LogP contribution in [0.25, 0.3) is 11.1 Å². The molecular formula is C27H26N4O3. The number of hydrogen-bond donors (Lipinski definition) is 1. The van der Waals surface area contributed by atoms with Gasteiger partial charge in [0.2, 0.25) is 11.6 Å². The van der Waals surface area contributed by atoms with Crippen molar-refractivity contribution in [3.8, 4) is 11.1 Å². The molecule has 2 heterocycles. The third-order valence-corrected chi connectivity index (χ3v) is 5.57. The van der Waals surface area contributed by atoms with E-state index in [1.807, 2.05) is 54.6 Å². The number of carbonyl (C=O) groups excluding carboxylic acids is 1. The van der Waals surface area contributed by atoms with Crippen molar-refractivity contribution in [3.05, 3.63) is 101 Å². The quantitative estimate of drug-likeness (QED) is 0.344. The molecule has 34 heavy (non-hydrogen) atoms. The van der Waals surface area contributed by atoms with E-state index in [1.165, 1.54) is 6.20 Å². The number of aryl methyl sites for hydroxylation is 1. The minimum atomic E-state index is -1.06. The van der Waals surface area contributed by atoms with Crippen molar-refractivity contribution in [2.24, 2.45) is 0 Å². The topological polar surface area (TPSA) is 98.0 Å². The fourth-order valence-corrected chi connectivity index (χ4v) is 3.77. The number of Topliss-reactive ketones (excluding diaryl/α,β-unsaturated/α-hetero) is 1. The Morgan fingerprint density at radius 1 is 0.941 bits per heavy atom. The van der Waals surface area contributed by atoms with E-state index in [4.69, 9.17) is 0 Å². The number of rotatable bonds is 10. The van der Waals surface area contributed by atoms with E-state index < -0.39 is 5.97 Å². The molecule has 4 rings (SSSR count). The second kappa shape index (κ2) is 10.7. The second-order valence-electron chi connectivity index (χ2n) is 8.10. The number of nitrogens with zero attached hydrogens (tertiary/aromatic N) is 4. The van der Waals surface area contributed by atoms with Crippen molar-refractivity contribution in [2.75, 3.05) is 0 Å². The first-order chi connectivity index (χ1) is 16.5. The summed E-state index contributed by atoms with van der Waals surface area (Å²) in [5, 5.41) is 14.0. The van der Waals surface area contributed by atoms with Gasteiger partial charge in [-0.15, -0.1) is 5.10 Å². The number of hydrogen-bond acceptors (Lipinski definition) is 5. The van der Waals surface area contributed by atoms with Gasteiger partial charge in [0.15, 0.2) is 5.69 Å². The number of pyridine rings is 1. The standard InChI is InChI=1S/C27H26N4O3/c1-2-3-11-24-29-26(23(32)17-19-8-5-4-6-9-19)30-31(24)18-20-12-14-21(15-13-20)22-10-7-16-28-25(22)27(33)34/h4-10,12-16H,2-3,11,17-18H2,1H3,(H,33,34). The average Bonchev–Trinajstić information content (AvgIpc) is 3.26. The Hall–Kier alpha value is -4.13. The zero-order chi connectivity index (χ0) is 23.9. The van der Waals surface area contributed by atoms with Gasteiger partial charge in [-0.25, -0.2) is 19.4 Å². The fraction of sp³-hybridized carbons (Fsp3) is 0.222. The van der Waals surface area contributed by atoms with Crippen LogP contribution in [0.15, 0.2) is 72.9 Å². The minimum Gasteiger partial charge on any atom is -0.476 e. The number of carboxylic acid groups (broad SMARTS) is 1. The predicted octanol–water partition coefficient (Wildman–Crippen LogP) is 4.85. The van der Waals surface area contributed by atoms with Crippen LogP contribution < -0.4 is 0 Å². The maximum Gasteiger partial charge on any atom is 0.355 e. The van der Waals surface area contributed by atoms with Gasteiger partial charge in [0.25, 0.3) is 0 Å². The SMILES string of the molecule is CCCCc1nc(C(=O)Cc2ccccc2)nn1Cc1ccc(-c2cccnc2C(=O)O)cc1. The van der Waals surface area contributed by atoms with Crippen molar-refractivity contribution >= 4 is 11.8 Å². The molecule has 0 atom stereocenters. The Balaban J connectivity index is 1.55. The third-order valence-electron chi connectivity index (χ3n) is 5.57. The van der Waals surface area contributed by atoms with Crippen LogP contribution in [-0.2, 0) is 19.4 Å². The van der Waals surface area contributed by atoms with Crippen LogP contribution in [0.4, 0.5) is 0 Å². The smallest absolute Gasteiger partial charge is 0.355 e. The predicted molar refractivity (Wildman–Crippen MR) is 129 cm³/mol. The first-order valence-electron chi connectivity index (χ1n) is 11.3. The molecular weight excluding hydrogens is 428 g/mol. The molecule has 0 radical (unpaired) electrons. The van der Waals surface area contributed by atoms with Crippen LogP contribution in [0.3, 0.4) is 0 Å². The fourth-order valence-electron chi connectivity index (χ4n) is 3.77. The van der Waals surface area contributed by atoms with Gasteiger partial charge in [-0.05, 0) is 29.2 Å². The molecule has 0 spiro atoms. The Labute approximate surface area is 198 Å². The van der Waals surface area contributed by atoms with Crippen molar-refractivity contribution in [1.29, 1.82) is 0 Å². The Morgan fingerprint density at radius 2 is 1.71 bits per heavy atom. The summed E-state index contributed by atoms with van der Waals surface area (Å²) in [4.78, 5) is 32.8. The van der Waals surface area contributed by atoms with Crippen LogP contribution in [-0.4, -0.2) is 36.6 Å². The summed E-state index contributed by atoms with van der Waals surface area (Å²) in [6, 6.07) is 20.7. The molecule has 0 aliphatic carbocycles. The molecule has 2 aromatic carbocycles. The highest BCUT2D eigenvalue weighted by Gasteiger charge is 2.17. The first-order valence-corrected chi connectivity index (χ1v) is 11.3. The molecule has 0 bridgehead atoms. The highest BCUT2D eigenvalue weighted by atomic mass is 16.4. The van der Waals surface area contributed by atoms with Crippen LogP contribution >= 0.6 is 0 Å². The number of carboxylic acids is 1. The van der Waals surface area contributed by atoms with Crippen molar-refractivity contribution in [2.45, 2.75) is 39.2 Å². The second-order valence-corrected chi connectivity index (χ2v) is 8.10. The lowest BCUT2D eigenvalue weighted by Crippen LogP contribution is -2.09. The molecule has 0 saturated heterocycles. The van der Waals surface area contributed by atoms with Crippen LogP contribution in [0, 0.1) is 0 Å². The number of aromatic nitrogens is 4. The maximum atomic E-state index is 12.8. The number of carbonyl (C=O) groups is 2. The lowest BCUT2D eigenvalue weighted by molar-refractivity contribution is 0.0691. The summed E-state index contributed by atoms with van der Waals surface area (Å²) in [6.45, 7) is 2.59. The summed E-state index contributed by atoms with van der Waals surface area (Å²) < 4.78 is 1.80. The first kappa shape index (κ1) is 23.0. The minimum absolute atomic E-state index is 0.0231. The summed E-state index contributed by atoms with van der Waals surface area (Å²) in [7, 11) is 0. The number of benzene rings is 2. The summed E-state index contributed by atoms with van der Waals surface area (Å²) >= 11 is 0. The van der Waals surface area contributed by atoms with Crippen LogP contribution in [0.2, 0.25) is 0 Å². The van der Waals surface area contributed by atoms with Gasteiger partial charge < -0.3 is 5.11 Å². The monoisotopic (exact) mass is 454 g/mol. The van der Waals surface area contributed by atoms with E-state index in [0.717, 1.165) is 41.8 Å². The zero-order valence-corrected chi connectivity index (χ0v) is 19.0. The maximum absolute atomic E-state index is 12.8. The Morgan fingerprint density at radius 3 is 2.41 bits per heavy atom. The van der Waals surface area contributed by atoms with E-state index in [-0.39, 0.29) is 23.7 Å². The molecule has 2 aromatic heterocycles. The molecule has 7 heteroatoms.